The van der Waals surface area contributed by atoms with Gasteiger partial charge in [-0.05, 0) is 25.5 Å². The van der Waals surface area contributed by atoms with Crippen LogP contribution >= 0.6 is 0 Å². The zero-order valence-corrected chi connectivity index (χ0v) is 9.27. The van der Waals surface area contributed by atoms with Crippen molar-refractivity contribution in [3.8, 4) is 12.3 Å². The number of nitrogens with two attached hydrogens (primary N) is 1. The van der Waals surface area contributed by atoms with Crippen molar-refractivity contribution in [2.75, 3.05) is 18.0 Å². The predicted molar refractivity (Wildman–Crippen MR) is 63.6 cm³/mol. The molecule has 0 radical (unpaired) electrons. The van der Waals surface area contributed by atoms with Gasteiger partial charge in [0.1, 0.15) is 5.82 Å². The third kappa shape index (κ3) is 2.97. The number of pyridine rings is 1. The highest BCUT2D eigenvalue weighted by molar-refractivity contribution is 5.40. The fraction of sp³-hybridized carbons (Fsp3) is 0.417. The van der Waals surface area contributed by atoms with Crippen LogP contribution in [0.2, 0.25) is 0 Å². The summed E-state index contributed by atoms with van der Waals surface area (Å²) < 4.78 is 0. The number of terminal acetylenes is 1. The fourth-order valence-corrected chi connectivity index (χ4v) is 1.32. The molecule has 1 atom stereocenters. The highest BCUT2D eigenvalue weighted by atomic mass is 15.2. The van der Waals surface area contributed by atoms with Crippen LogP contribution in [0.25, 0.3) is 0 Å². The van der Waals surface area contributed by atoms with Crippen molar-refractivity contribution >= 4 is 5.82 Å². The number of hydrogen-bond acceptors (Lipinski definition) is 3. The second-order valence-corrected chi connectivity index (χ2v) is 3.46. The predicted octanol–water partition coefficient (Wildman–Crippen LogP) is 1.56. The first-order valence-electron chi connectivity index (χ1n) is 5.09. The Balaban J connectivity index is 2.83. The summed E-state index contributed by atoms with van der Waals surface area (Å²) in [6.07, 6.45) is 7.09. The molecule has 2 N–H and O–H groups in total. The molecule has 3 nitrogen and oxygen atoms in total. The van der Waals surface area contributed by atoms with Crippen LogP contribution in [0.1, 0.15) is 25.5 Å². The van der Waals surface area contributed by atoms with E-state index in [9.17, 15) is 0 Å². The number of nitrogens with zero attached hydrogens (tertiary/aromatic N) is 2. The van der Waals surface area contributed by atoms with E-state index in [1.54, 1.807) is 6.20 Å². The molecule has 80 valence electrons. The van der Waals surface area contributed by atoms with Crippen LogP contribution in [-0.4, -0.2) is 18.1 Å². The number of rotatable bonds is 4. The van der Waals surface area contributed by atoms with E-state index in [-0.39, 0.29) is 6.04 Å². The Kier molecular flexibility index (Phi) is 4.14. The van der Waals surface area contributed by atoms with Gasteiger partial charge in [-0.2, -0.15) is 0 Å². The lowest BCUT2D eigenvalue weighted by molar-refractivity contribution is 0.806. The number of anilines is 1. The minimum atomic E-state index is 0.0225. The van der Waals surface area contributed by atoms with Crippen molar-refractivity contribution in [3.05, 3.63) is 23.9 Å². The van der Waals surface area contributed by atoms with Crippen molar-refractivity contribution in [1.29, 1.82) is 0 Å². The maximum absolute atomic E-state index is 5.75. The smallest absolute Gasteiger partial charge is 0.129 e. The molecule has 1 rings (SSSR count). The van der Waals surface area contributed by atoms with E-state index in [0.29, 0.717) is 6.54 Å². The van der Waals surface area contributed by atoms with Crippen molar-refractivity contribution in [3.63, 3.8) is 0 Å². The number of aromatic nitrogens is 1. The molecule has 3 heteroatoms. The van der Waals surface area contributed by atoms with Gasteiger partial charge in [-0.1, -0.05) is 12.0 Å². The summed E-state index contributed by atoms with van der Waals surface area (Å²) in [4.78, 5) is 6.37. The van der Waals surface area contributed by atoms with Crippen molar-refractivity contribution in [1.82, 2.24) is 4.98 Å². The molecule has 0 bridgehead atoms. The molecular formula is C12H17N3. The Hall–Kier alpha value is -1.53. The molecule has 15 heavy (non-hydrogen) atoms. The average molecular weight is 203 g/mol. The molecule has 0 aliphatic rings. The highest BCUT2D eigenvalue weighted by Gasteiger charge is 2.05. The molecule has 0 unspecified atom stereocenters. The Morgan fingerprint density at radius 2 is 2.33 bits per heavy atom. The summed E-state index contributed by atoms with van der Waals surface area (Å²) in [7, 11) is 0. The van der Waals surface area contributed by atoms with Gasteiger partial charge in [0.15, 0.2) is 0 Å². The molecule has 0 saturated carbocycles. The van der Waals surface area contributed by atoms with Crippen LogP contribution in [0.5, 0.6) is 0 Å². The van der Waals surface area contributed by atoms with Gasteiger partial charge < -0.3 is 10.6 Å². The summed E-state index contributed by atoms with van der Waals surface area (Å²) in [5.74, 6) is 3.52. The Morgan fingerprint density at radius 1 is 1.60 bits per heavy atom. The molecule has 1 aromatic heterocycles. The lowest BCUT2D eigenvalue weighted by atomic mass is 10.1. The van der Waals surface area contributed by atoms with Crippen molar-refractivity contribution in [2.24, 2.45) is 5.73 Å². The van der Waals surface area contributed by atoms with E-state index in [1.807, 2.05) is 24.0 Å². The third-order valence-electron chi connectivity index (χ3n) is 2.28. The van der Waals surface area contributed by atoms with Gasteiger partial charge in [-0.15, -0.1) is 6.42 Å². The lowest BCUT2D eigenvalue weighted by Crippen LogP contribution is -2.23. The summed E-state index contributed by atoms with van der Waals surface area (Å²) >= 11 is 0. The maximum Gasteiger partial charge on any atom is 0.129 e. The molecule has 0 fully saturated rings. The fourth-order valence-electron chi connectivity index (χ4n) is 1.32. The van der Waals surface area contributed by atoms with E-state index in [4.69, 9.17) is 12.2 Å². The second kappa shape index (κ2) is 5.38. The van der Waals surface area contributed by atoms with E-state index in [2.05, 4.69) is 17.8 Å². The monoisotopic (exact) mass is 203 g/mol. The van der Waals surface area contributed by atoms with Crippen molar-refractivity contribution in [2.45, 2.75) is 19.9 Å². The first kappa shape index (κ1) is 11.5. The van der Waals surface area contributed by atoms with Crippen molar-refractivity contribution < 1.29 is 0 Å². The molecule has 1 heterocycles. The zero-order valence-electron chi connectivity index (χ0n) is 9.27. The van der Waals surface area contributed by atoms with E-state index in [1.165, 1.54) is 0 Å². The van der Waals surface area contributed by atoms with Crippen LogP contribution in [0, 0.1) is 12.3 Å². The largest absolute Gasteiger partial charge is 0.346 e. The average Bonchev–Trinajstić information content (AvgIpc) is 2.26. The van der Waals surface area contributed by atoms with Gasteiger partial charge in [-0.3, -0.25) is 0 Å². The maximum atomic E-state index is 5.75. The Morgan fingerprint density at radius 3 is 2.73 bits per heavy atom. The lowest BCUT2D eigenvalue weighted by Gasteiger charge is -2.19. The first-order valence-corrected chi connectivity index (χ1v) is 5.09. The van der Waals surface area contributed by atoms with Gasteiger partial charge in [0, 0.05) is 18.8 Å². The second-order valence-electron chi connectivity index (χ2n) is 3.46. The van der Waals surface area contributed by atoms with Gasteiger partial charge in [0.2, 0.25) is 0 Å². The van der Waals surface area contributed by atoms with Crippen LogP contribution in [0.3, 0.4) is 0 Å². The van der Waals surface area contributed by atoms with Crippen LogP contribution in [-0.2, 0) is 0 Å². The standard InChI is InChI=1S/C12H17N3/c1-4-8-15(5-2)12-7-6-11(9-14-12)10(3)13/h1,6-7,9-10H,5,8,13H2,2-3H3/t10-/m0/s1. The van der Waals surface area contributed by atoms with Crippen LogP contribution in [0.15, 0.2) is 18.3 Å². The summed E-state index contributed by atoms with van der Waals surface area (Å²) in [6, 6.07) is 3.97. The Labute approximate surface area is 91.3 Å². The molecule has 1 aromatic rings. The van der Waals surface area contributed by atoms with Gasteiger partial charge in [0.05, 0.1) is 6.54 Å². The third-order valence-corrected chi connectivity index (χ3v) is 2.28. The molecule has 0 aliphatic carbocycles. The van der Waals surface area contributed by atoms with E-state index >= 15 is 0 Å². The molecule has 0 saturated heterocycles. The summed E-state index contributed by atoms with van der Waals surface area (Å²) in [6.45, 7) is 5.43. The van der Waals surface area contributed by atoms with Gasteiger partial charge in [0.25, 0.3) is 0 Å². The Bertz CT molecular complexity index is 335. The summed E-state index contributed by atoms with van der Waals surface area (Å²) in [5, 5.41) is 0. The molecule has 0 spiro atoms. The van der Waals surface area contributed by atoms with E-state index < -0.39 is 0 Å². The minimum Gasteiger partial charge on any atom is -0.346 e. The van der Waals surface area contributed by atoms with Gasteiger partial charge >= 0.3 is 0 Å². The summed E-state index contributed by atoms with van der Waals surface area (Å²) in [5.41, 5.74) is 6.78. The minimum absolute atomic E-state index is 0.0225. The van der Waals surface area contributed by atoms with Gasteiger partial charge in [-0.25, -0.2) is 4.98 Å². The molecule has 0 aliphatic heterocycles. The normalized spacial score (nSPS) is 11.9. The molecule has 0 aromatic carbocycles. The van der Waals surface area contributed by atoms with Crippen LogP contribution < -0.4 is 10.6 Å². The quantitative estimate of drug-likeness (QED) is 0.755. The molecular weight excluding hydrogens is 186 g/mol. The highest BCUT2D eigenvalue weighted by Crippen LogP contribution is 2.14. The van der Waals surface area contributed by atoms with Crippen LogP contribution in [0.4, 0.5) is 5.82 Å². The SMILES string of the molecule is C#CCN(CC)c1ccc([C@H](C)N)cn1. The van der Waals surface area contributed by atoms with E-state index in [0.717, 1.165) is 17.9 Å². The molecule has 0 amide bonds. The number of hydrogen-bond donors (Lipinski definition) is 1. The zero-order chi connectivity index (χ0) is 11.3. The topological polar surface area (TPSA) is 42.1 Å². The first-order chi connectivity index (χ1) is 7.19.